The summed E-state index contributed by atoms with van der Waals surface area (Å²) in [4.78, 5) is 79.3. The van der Waals surface area contributed by atoms with Gasteiger partial charge in [0.15, 0.2) is 5.58 Å². The Labute approximate surface area is 299 Å². The van der Waals surface area contributed by atoms with Crippen LogP contribution in [0.15, 0.2) is 126 Å². The van der Waals surface area contributed by atoms with Crippen LogP contribution >= 0.6 is 0 Å². The average Bonchev–Trinajstić information content (AvgIpc) is 3.52. The van der Waals surface area contributed by atoms with Crippen molar-refractivity contribution in [2.45, 2.75) is 25.7 Å². The van der Waals surface area contributed by atoms with Gasteiger partial charge in [-0.05, 0) is 77.7 Å². The molecule has 17 nitrogen and oxygen atoms in total. The third-order valence-electron chi connectivity index (χ3n) is 6.11. The highest BCUT2D eigenvalue weighted by molar-refractivity contribution is 5.91. The average molecular weight is 728 g/mol. The van der Waals surface area contributed by atoms with E-state index in [-0.39, 0.29) is 36.0 Å². The van der Waals surface area contributed by atoms with Crippen molar-refractivity contribution in [2.24, 2.45) is 0 Å². The Morgan fingerprint density at radius 1 is 0.566 bits per heavy atom. The number of H-pyrrole nitrogens is 1. The van der Waals surface area contributed by atoms with Crippen molar-refractivity contribution >= 4 is 40.9 Å². The lowest BCUT2D eigenvalue weighted by atomic mass is 10.2. The number of aromatic nitrogens is 5. The number of carboxylic acid groups (broad SMARTS) is 5. The first kappa shape index (κ1) is 41.6. The molecule has 0 fully saturated rings. The molecule has 0 atom stereocenters. The molecule has 0 spiro atoms. The maximum Gasteiger partial charge on any atom is 0.417 e. The molecule has 5 aromatic heterocycles. The summed E-state index contributed by atoms with van der Waals surface area (Å²) in [5.74, 6) is -4.99. The van der Waals surface area contributed by atoms with Crippen molar-refractivity contribution in [3.63, 3.8) is 0 Å². The molecule has 274 valence electrons. The third-order valence-corrected chi connectivity index (χ3v) is 6.11. The number of carboxylic acids is 5. The van der Waals surface area contributed by atoms with Gasteiger partial charge in [-0.25, -0.2) is 14.4 Å². The van der Waals surface area contributed by atoms with E-state index < -0.39 is 35.6 Å². The van der Waals surface area contributed by atoms with E-state index in [1.807, 2.05) is 6.07 Å². The number of nitrogens with zero attached hydrogens (tertiary/aromatic N) is 4. The van der Waals surface area contributed by atoms with Gasteiger partial charge in [-0.3, -0.25) is 39.3 Å². The minimum absolute atomic E-state index is 0.0494. The van der Waals surface area contributed by atoms with Crippen LogP contribution in [0.4, 0.5) is 0 Å². The molecule has 0 radical (unpaired) electrons. The number of nitrogens with one attached hydrogen (secondary N) is 1. The van der Waals surface area contributed by atoms with Crippen LogP contribution in [0.1, 0.15) is 43.8 Å². The Kier molecular flexibility index (Phi) is 18.0. The SMILES string of the molecule is O=C(O)CCc1cccnc1.O=C(O)Cc1cccnc1.O=C(O)Cc1ccncc1.O=C(O)c1ccc2[nH]c(=O)oc2c1.O=C(O)c1cccnc1. The van der Waals surface area contributed by atoms with Crippen LogP contribution in [0.5, 0.6) is 0 Å². The molecule has 5 heterocycles. The highest BCUT2D eigenvalue weighted by Crippen LogP contribution is 2.12. The molecule has 6 aromatic rings. The molecule has 6 rings (SSSR count). The fraction of sp³-hybridized carbons (Fsp3) is 0.111. The van der Waals surface area contributed by atoms with Gasteiger partial charge in [-0.1, -0.05) is 12.1 Å². The monoisotopic (exact) mass is 727 g/mol. The molecule has 0 saturated heterocycles. The summed E-state index contributed by atoms with van der Waals surface area (Å²) in [6.45, 7) is 0. The molecular formula is C36H33N5O12. The van der Waals surface area contributed by atoms with Crippen LogP contribution < -0.4 is 5.76 Å². The predicted molar refractivity (Wildman–Crippen MR) is 186 cm³/mol. The highest BCUT2D eigenvalue weighted by atomic mass is 16.4. The molecule has 0 unspecified atom stereocenters. The second kappa shape index (κ2) is 23.0. The number of aromatic carboxylic acids is 2. The number of pyridine rings is 4. The van der Waals surface area contributed by atoms with Crippen molar-refractivity contribution in [3.8, 4) is 0 Å². The molecule has 0 aliphatic rings. The van der Waals surface area contributed by atoms with E-state index in [1.54, 1.807) is 73.6 Å². The number of benzene rings is 1. The number of oxazole rings is 1. The molecule has 1 aromatic carbocycles. The molecule has 53 heavy (non-hydrogen) atoms. The van der Waals surface area contributed by atoms with E-state index in [2.05, 4.69) is 29.3 Å². The van der Waals surface area contributed by atoms with E-state index in [9.17, 15) is 28.8 Å². The number of aliphatic carboxylic acids is 3. The molecule has 0 bridgehead atoms. The first-order valence-corrected chi connectivity index (χ1v) is 15.2. The lowest BCUT2D eigenvalue weighted by Gasteiger charge is -1.94. The van der Waals surface area contributed by atoms with Gasteiger partial charge in [0.25, 0.3) is 0 Å². The summed E-state index contributed by atoms with van der Waals surface area (Å²) in [5.41, 5.74) is 3.54. The summed E-state index contributed by atoms with van der Waals surface area (Å²) in [7, 11) is 0. The Hall–Kier alpha value is -7.56. The second-order valence-corrected chi connectivity index (χ2v) is 10.2. The number of aromatic amines is 1. The van der Waals surface area contributed by atoms with Crippen LogP contribution in [0.2, 0.25) is 0 Å². The topological polar surface area (TPSA) is 284 Å². The summed E-state index contributed by atoms with van der Waals surface area (Å²) >= 11 is 0. The zero-order chi connectivity index (χ0) is 39.0. The molecule has 0 amide bonds. The van der Waals surface area contributed by atoms with Crippen LogP contribution in [-0.2, 0) is 33.6 Å². The van der Waals surface area contributed by atoms with Crippen LogP contribution in [0.3, 0.4) is 0 Å². The second-order valence-electron chi connectivity index (χ2n) is 10.2. The normalized spacial score (nSPS) is 9.51. The fourth-order valence-corrected chi connectivity index (χ4v) is 3.72. The van der Waals surface area contributed by atoms with Crippen molar-refractivity contribution in [1.82, 2.24) is 24.9 Å². The quantitative estimate of drug-likeness (QED) is 0.122. The number of aryl methyl sites for hydroxylation is 1. The maximum atomic E-state index is 10.7. The summed E-state index contributed by atoms with van der Waals surface area (Å²) < 4.78 is 4.68. The minimum Gasteiger partial charge on any atom is -0.481 e. The maximum absolute atomic E-state index is 10.7. The van der Waals surface area contributed by atoms with E-state index in [1.165, 1.54) is 36.7 Å². The van der Waals surface area contributed by atoms with E-state index >= 15 is 0 Å². The fourth-order valence-electron chi connectivity index (χ4n) is 3.72. The van der Waals surface area contributed by atoms with Crippen molar-refractivity contribution in [2.75, 3.05) is 0 Å². The lowest BCUT2D eigenvalue weighted by molar-refractivity contribution is -0.137. The lowest BCUT2D eigenvalue weighted by Crippen LogP contribution is -1.99. The van der Waals surface area contributed by atoms with Crippen molar-refractivity contribution in [3.05, 3.63) is 155 Å². The third kappa shape index (κ3) is 18.1. The van der Waals surface area contributed by atoms with Gasteiger partial charge < -0.3 is 29.9 Å². The summed E-state index contributed by atoms with van der Waals surface area (Å²) in [6.07, 6.45) is 13.4. The molecule has 0 aliphatic carbocycles. The molecular weight excluding hydrogens is 694 g/mol. The summed E-state index contributed by atoms with van der Waals surface area (Å²) in [6, 6.07) is 17.8. The van der Waals surface area contributed by atoms with Crippen molar-refractivity contribution in [1.29, 1.82) is 0 Å². The van der Waals surface area contributed by atoms with Crippen LogP contribution in [0, 0.1) is 0 Å². The van der Waals surface area contributed by atoms with E-state index in [0.29, 0.717) is 11.9 Å². The molecule has 17 heteroatoms. The van der Waals surface area contributed by atoms with Gasteiger partial charge in [0, 0.05) is 56.0 Å². The zero-order valence-corrected chi connectivity index (χ0v) is 27.7. The zero-order valence-electron chi connectivity index (χ0n) is 27.7. The Morgan fingerprint density at radius 3 is 1.58 bits per heavy atom. The summed E-state index contributed by atoms with van der Waals surface area (Å²) in [5, 5.41) is 42.0. The Balaban J connectivity index is 0.000000231. The number of hydrogen-bond acceptors (Lipinski definition) is 11. The van der Waals surface area contributed by atoms with Gasteiger partial charge >= 0.3 is 35.6 Å². The van der Waals surface area contributed by atoms with Crippen LogP contribution in [0.25, 0.3) is 11.1 Å². The number of hydrogen-bond donors (Lipinski definition) is 6. The van der Waals surface area contributed by atoms with E-state index in [4.69, 9.17) is 25.5 Å². The smallest absolute Gasteiger partial charge is 0.417 e. The van der Waals surface area contributed by atoms with Crippen molar-refractivity contribution < 1.29 is 53.9 Å². The minimum atomic E-state index is -1.05. The standard InChI is InChI=1S/C8H5NO4.C8H9NO2.2C7H7NO2.C6H5NO2/c10-7(11)4-1-2-5-6(3-4)13-8(12)9-5;10-8(11)4-3-7-2-1-5-9-6-7;9-7(10)5-6-1-3-8-4-2-6;9-7(10)4-6-2-1-3-8-5-6;8-6(9)5-2-1-3-7-4-5/h1-3H,(H,9,12)(H,10,11);1-2,5-6H,3-4H2,(H,10,11);1-4H,5H2,(H,9,10);1-3,5H,4H2,(H,9,10);1-4H,(H,8,9). The number of rotatable bonds is 9. The number of fused-ring (bicyclic) bond motifs is 1. The largest absolute Gasteiger partial charge is 0.481 e. The predicted octanol–water partition coefficient (Wildman–Crippen LogP) is 4.12. The molecule has 0 aliphatic heterocycles. The first-order chi connectivity index (χ1) is 25.3. The molecule has 6 N–H and O–H groups in total. The number of carbonyl (C=O) groups is 5. The first-order valence-electron chi connectivity index (χ1n) is 15.2. The van der Waals surface area contributed by atoms with Gasteiger partial charge in [0.1, 0.15) is 0 Å². The Morgan fingerprint density at radius 2 is 1.11 bits per heavy atom. The van der Waals surface area contributed by atoms with Gasteiger partial charge in [-0.15, -0.1) is 0 Å². The highest BCUT2D eigenvalue weighted by Gasteiger charge is 2.06. The molecule has 0 saturated carbocycles. The van der Waals surface area contributed by atoms with Crippen LogP contribution in [-0.4, -0.2) is 80.3 Å². The van der Waals surface area contributed by atoms with Gasteiger partial charge in [-0.2, -0.15) is 0 Å². The van der Waals surface area contributed by atoms with Gasteiger partial charge in [0.2, 0.25) is 0 Å². The van der Waals surface area contributed by atoms with Gasteiger partial charge in [0.05, 0.1) is 29.5 Å². The van der Waals surface area contributed by atoms with E-state index in [0.717, 1.165) is 16.7 Å². The Bertz CT molecular complexity index is 2040.